The van der Waals surface area contributed by atoms with Gasteiger partial charge < -0.3 is 10.0 Å². The average Bonchev–Trinajstić information content (AvgIpc) is 2.72. The quantitative estimate of drug-likeness (QED) is 0.827. The van der Waals surface area contributed by atoms with Crippen LogP contribution in [0.4, 0.5) is 0 Å². The van der Waals surface area contributed by atoms with Gasteiger partial charge in [-0.2, -0.15) is 8.42 Å². The first kappa shape index (κ1) is 12.6. The third kappa shape index (κ3) is 2.15. The number of fused-ring (bicyclic) bond motifs is 1. The molecule has 0 spiro atoms. The Labute approximate surface area is 112 Å². The number of likely N-dealkylation sites (tertiary alicyclic amines) is 1. The summed E-state index contributed by atoms with van der Waals surface area (Å²) in [7, 11) is -3.53. The number of aliphatic hydroxyl groups excluding tert-OH is 1. The Kier molecular flexibility index (Phi) is 3.06. The molecule has 0 bridgehead atoms. The first-order chi connectivity index (χ1) is 9.12. The summed E-state index contributed by atoms with van der Waals surface area (Å²) in [5, 5.41) is 9.14. The maximum absolute atomic E-state index is 12.0. The molecule has 0 unspecified atom stereocenters. The van der Waals surface area contributed by atoms with Crippen LogP contribution < -0.4 is 0 Å². The van der Waals surface area contributed by atoms with Gasteiger partial charge in [-0.05, 0) is 30.9 Å². The van der Waals surface area contributed by atoms with Crippen LogP contribution in [0.5, 0.6) is 0 Å². The second kappa shape index (κ2) is 4.61. The van der Waals surface area contributed by atoms with E-state index in [1.54, 1.807) is 18.2 Å². The predicted octanol–water partition coefficient (Wildman–Crippen LogP) is 0.840. The normalized spacial score (nSPS) is 22.2. The Bertz CT molecular complexity index is 617. The van der Waals surface area contributed by atoms with Crippen molar-refractivity contribution in [3.05, 3.63) is 29.8 Å². The third-order valence-corrected chi connectivity index (χ3v) is 5.11. The van der Waals surface area contributed by atoms with E-state index >= 15 is 0 Å². The lowest BCUT2D eigenvalue weighted by Gasteiger charge is -2.32. The molecule has 0 saturated carbocycles. The summed E-state index contributed by atoms with van der Waals surface area (Å²) in [5.74, 6) is 0.886. The van der Waals surface area contributed by atoms with Crippen molar-refractivity contribution in [1.82, 2.24) is 4.90 Å². The molecule has 19 heavy (non-hydrogen) atoms. The second-order valence-corrected chi connectivity index (χ2v) is 6.57. The predicted molar refractivity (Wildman–Crippen MR) is 71.5 cm³/mol. The van der Waals surface area contributed by atoms with Crippen LogP contribution in [0, 0.1) is 5.92 Å². The molecule has 3 rings (SSSR count). The van der Waals surface area contributed by atoms with Gasteiger partial charge in [0.2, 0.25) is 0 Å². The van der Waals surface area contributed by atoms with Gasteiger partial charge >= 0.3 is 0 Å². The van der Waals surface area contributed by atoms with Crippen LogP contribution in [0.15, 0.2) is 33.6 Å². The zero-order valence-electron chi connectivity index (χ0n) is 10.5. The molecule has 0 aliphatic carbocycles. The maximum Gasteiger partial charge on any atom is 0.285 e. The Morgan fingerprint density at radius 2 is 1.95 bits per heavy atom. The van der Waals surface area contributed by atoms with E-state index < -0.39 is 10.0 Å². The average molecular weight is 280 g/mol. The topological polar surface area (TPSA) is 70.0 Å². The van der Waals surface area contributed by atoms with E-state index in [0.29, 0.717) is 22.2 Å². The van der Waals surface area contributed by atoms with E-state index in [1.807, 2.05) is 11.0 Å². The Balaban J connectivity index is 1.91. The highest BCUT2D eigenvalue weighted by Gasteiger charge is 2.32. The molecule has 2 aliphatic rings. The fourth-order valence-electron chi connectivity index (χ4n) is 2.64. The third-order valence-electron chi connectivity index (χ3n) is 3.78. The van der Waals surface area contributed by atoms with Crippen molar-refractivity contribution in [1.29, 1.82) is 0 Å². The standard InChI is InChI=1S/C13H16N2O3S/c16-9-10-5-7-15(8-6-10)13-11-3-1-2-4-12(11)19(17,18)14-13/h1-4,10,16H,5-9H2. The molecule has 0 aromatic heterocycles. The summed E-state index contributed by atoms with van der Waals surface area (Å²) in [6.07, 6.45) is 1.75. The van der Waals surface area contributed by atoms with Crippen LogP contribution in [0.2, 0.25) is 0 Å². The zero-order valence-corrected chi connectivity index (χ0v) is 11.3. The van der Waals surface area contributed by atoms with Crippen molar-refractivity contribution in [3.8, 4) is 0 Å². The lowest BCUT2D eigenvalue weighted by molar-refractivity contribution is 0.166. The molecule has 0 radical (unpaired) electrons. The van der Waals surface area contributed by atoms with Gasteiger partial charge in [0.15, 0.2) is 5.84 Å². The molecule has 2 heterocycles. The van der Waals surface area contributed by atoms with Crippen molar-refractivity contribution >= 4 is 15.9 Å². The highest BCUT2D eigenvalue weighted by Crippen LogP contribution is 2.29. The molecule has 102 valence electrons. The van der Waals surface area contributed by atoms with E-state index in [-0.39, 0.29) is 6.61 Å². The summed E-state index contributed by atoms with van der Waals surface area (Å²) in [5.41, 5.74) is 0.699. The van der Waals surface area contributed by atoms with Crippen LogP contribution in [0.25, 0.3) is 0 Å². The number of piperidine rings is 1. The van der Waals surface area contributed by atoms with Gasteiger partial charge in [-0.3, -0.25) is 0 Å². The number of sulfonamides is 1. The minimum Gasteiger partial charge on any atom is -0.396 e. The SMILES string of the molecule is O=S1(=O)N=C(N2CCC(CO)CC2)c2ccccc21. The summed E-state index contributed by atoms with van der Waals surface area (Å²) >= 11 is 0. The molecular formula is C13H16N2O3S. The van der Waals surface area contributed by atoms with Crippen molar-refractivity contribution in [2.75, 3.05) is 19.7 Å². The van der Waals surface area contributed by atoms with Crippen molar-refractivity contribution in [2.45, 2.75) is 17.7 Å². The van der Waals surface area contributed by atoms with Gasteiger partial charge in [0.05, 0.1) is 0 Å². The van der Waals surface area contributed by atoms with Crippen LogP contribution in [0.3, 0.4) is 0 Å². The van der Waals surface area contributed by atoms with E-state index in [1.165, 1.54) is 0 Å². The van der Waals surface area contributed by atoms with E-state index in [0.717, 1.165) is 25.9 Å². The molecule has 1 aromatic rings. The van der Waals surface area contributed by atoms with E-state index in [4.69, 9.17) is 5.11 Å². The Morgan fingerprint density at radius 1 is 1.26 bits per heavy atom. The second-order valence-electron chi connectivity index (χ2n) is 5.00. The fraction of sp³-hybridized carbons (Fsp3) is 0.462. The number of nitrogens with zero attached hydrogens (tertiary/aromatic N) is 2. The first-order valence-corrected chi connectivity index (χ1v) is 7.86. The van der Waals surface area contributed by atoms with Crippen LogP contribution in [0.1, 0.15) is 18.4 Å². The van der Waals surface area contributed by atoms with Crippen LogP contribution in [-0.2, 0) is 10.0 Å². The zero-order chi connectivity index (χ0) is 13.5. The van der Waals surface area contributed by atoms with Crippen molar-refractivity contribution < 1.29 is 13.5 Å². The molecule has 0 amide bonds. The summed E-state index contributed by atoms with van der Waals surface area (Å²) < 4.78 is 27.9. The molecule has 1 saturated heterocycles. The molecular weight excluding hydrogens is 264 g/mol. The lowest BCUT2D eigenvalue weighted by Crippen LogP contribution is -2.39. The van der Waals surface area contributed by atoms with E-state index in [9.17, 15) is 8.42 Å². The minimum atomic E-state index is -3.53. The van der Waals surface area contributed by atoms with Crippen molar-refractivity contribution in [2.24, 2.45) is 10.3 Å². The van der Waals surface area contributed by atoms with Crippen LogP contribution >= 0.6 is 0 Å². The minimum absolute atomic E-state index is 0.204. The Morgan fingerprint density at radius 3 is 2.63 bits per heavy atom. The van der Waals surface area contributed by atoms with Gasteiger partial charge in [0.1, 0.15) is 4.90 Å². The molecule has 1 aromatic carbocycles. The number of amidine groups is 1. The molecule has 2 aliphatic heterocycles. The Hall–Kier alpha value is -1.40. The molecule has 6 heteroatoms. The van der Waals surface area contributed by atoms with Gasteiger partial charge in [0.25, 0.3) is 10.0 Å². The number of hydrogen-bond acceptors (Lipinski definition) is 4. The van der Waals surface area contributed by atoms with Crippen LogP contribution in [-0.4, -0.2) is 44.0 Å². The first-order valence-electron chi connectivity index (χ1n) is 6.42. The largest absolute Gasteiger partial charge is 0.396 e. The summed E-state index contributed by atoms with van der Waals surface area (Å²) in [6, 6.07) is 6.95. The van der Waals surface area contributed by atoms with Gasteiger partial charge in [0, 0.05) is 25.3 Å². The van der Waals surface area contributed by atoms with E-state index in [2.05, 4.69) is 4.40 Å². The number of hydrogen-bond donors (Lipinski definition) is 1. The number of aliphatic hydroxyl groups is 1. The maximum atomic E-state index is 12.0. The van der Waals surface area contributed by atoms with Gasteiger partial charge in [-0.25, -0.2) is 0 Å². The summed E-state index contributed by atoms with van der Waals surface area (Å²) in [4.78, 5) is 2.31. The monoisotopic (exact) mass is 280 g/mol. The molecule has 1 fully saturated rings. The molecule has 5 nitrogen and oxygen atoms in total. The number of rotatable bonds is 1. The smallest absolute Gasteiger partial charge is 0.285 e. The fourth-order valence-corrected chi connectivity index (χ4v) is 3.87. The van der Waals surface area contributed by atoms with Gasteiger partial charge in [-0.1, -0.05) is 12.1 Å². The highest BCUT2D eigenvalue weighted by atomic mass is 32.2. The lowest BCUT2D eigenvalue weighted by atomic mass is 9.97. The number of benzene rings is 1. The summed E-state index contributed by atoms with van der Waals surface area (Å²) in [6.45, 7) is 1.69. The van der Waals surface area contributed by atoms with Gasteiger partial charge in [-0.15, -0.1) is 4.40 Å². The van der Waals surface area contributed by atoms with Crippen molar-refractivity contribution in [3.63, 3.8) is 0 Å². The highest BCUT2D eigenvalue weighted by molar-refractivity contribution is 7.90. The molecule has 1 N–H and O–H groups in total. The molecule has 0 atom stereocenters.